The monoisotopic (exact) mass is 359 g/mol. The molecule has 0 spiro atoms. The van der Waals surface area contributed by atoms with Crippen molar-refractivity contribution in [2.75, 3.05) is 10.6 Å². The van der Waals surface area contributed by atoms with Crippen molar-refractivity contribution in [2.24, 2.45) is 5.10 Å². The van der Waals surface area contributed by atoms with Gasteiger partial charge in [0.2, 0.25) is 10.0 Å². The van der Waals surface area contributed by atoms with Gasteiger partial charge in [-0.1, -0.05) is 30.3 Å². The molecule has 2 aromatic rings. The molecule has 1 amide bonds. The van der Waals surface area contributed by atoms with E-state index in [1.54, 1.807) is 38.1 Å². The number of hydrogen-bond donors (Lipinski definition) is 1. The van der Waals surface area contributed by atoms with Crippen LogP contribution in [-0.2, 0) is 16.6 Å². The summed E-state index contributed by atoms with van der Waals surface area (Å²) in [5.41, 5.74) is 4.95. The van der Waals surface area contributed by atoms with Gasteiger partial charge < -0.3 is 0 Å². The van der Waals surface area contributed by atoms with Gasteiger partial charge in [0.15, 0.2) is 0 Å². The van der Waals surface area contributed by atoms with Gasteiger partial charge in [0, 0.05) is 11.3 Å². The number of carbonyl (C=O) groups excluding carboxylic acids is 1. The molecule has 0 radical (unpaired) electrons. The molecule has 0 bridgehead atoms. The molecule has 132 valence electrons. The van der Waals surface area contributed by atoms with Crippen molar-refractivity contribution in [3.63, 3.8) is 0 Å². The summed E-state index contributed by atoms with van der Waals surface area (Å²) in [4.78, 5) is 12.0. The summed E-state index contributed by atoms with van der Waals surface area (Å²) in [6, 6.07) is 15.7. The van der Waals surface area contributed by atoms with Crippen molar-refractivity contribution >= 4 is 27.3 Å². The zero-order valence-electron chi connectivity index (χ0n) is 14.4. The lowest BCUT2D eigenvalue weighted by molar-refractivity contribution is 0.0954. The number of carbonyl (C=O) groups is 1. The van der Waals surface area contributed by atoms with Crippen molar-refractivity contribution < 1.29 is 13.2 Å². The van der Waals surface area contributed by atoms with Gasteiger partial charge in [-0.15, -0.1) is 0 Å². The second-order valence-corrected chi connectivity index (χ2v) is 7.71. The Morgan fingerprint density at radius 1 is 1.04 bits per heavy atom. The van der Waals surface area contributed by atoms with Gasteiger partial charge >= 0.3 is 0 Å². The van der Waals surface area contributed by atoms with Crippen LogP contribution in [0.15, 0.2) is 59.7 Å². The molecular formula is C18H21N3O3S. The van der Waals surface area contributed by atoms with E-state index in [0.29, 0.717) is 11.3 Å². The number of hydrogen-bond acceptors (Lipinski definition) is 4. The van der Waals surface area contributed by atoms with Gasteiger partial charge in [0.1, 0.15) is 0 Å². The number of anilines is 1. The van der Waals surface area contributed by atoms with Gasteiger partial charge in [0.05, 0.1) is 18.5 Å². The molecule has 1 N–H and O–H groups in total. The van der Waals surface area contributed by atoms with Crippen molar-refractivity contribution in [3.05, 3.63) is 65.7 Å². The van der Waals surface area contributed by atoms with Crippen LogP contribution < -0.4 is 9.73 Å². The highest BCUT2D eigenvalue weighted by atomic mass is 32.2. The average molecular weight is 359 g/mol. The molecule has 0 fully saturated rings. The molecule has 0 saturated carbocycles. The highest BCUT2D eigenvalue weighted by Crippen LogP contribution is 2.21. The third-order valence-electron chi connectivity index (χ3n) is 3.37. The molecule has 0 aromatic heterocycles. The summed E-state index contributed by atoms with van der Waals surface area (Å²) >= 11 is 0. The molecule has 2 rings (SSSR count). The molecule has 6 nitrogen and oxygen atoms in total. The fourth-order valence-electron chi connectivity index (χ4n) is 2.16. The van der Waals surface area contributed by atoms with E-state index < -0.39 is 10.0 Å². The number of amides is 1. The number of nitrogens with zero attached hydrogens (tertiary/aromatic N) is 2. The quantitative estimate of drug-likeness (QED) is 0.636. The normalized spacial score (nSPS) is 10.8. The third-order valence-corrected chi connectivity index (χ3v) is 4.51. The average Bonchev–Trinajstić information content (AvgIpc) is 2.57. The molecule has 0 aliphatic carbocycles. The van der Waals surface area contributed by atoms with Crippen molar-refractivity contribution in [2.45, 2.75) is 20.4 Å². The van der Waals surface area contributed by atoms with Gasteiger partial charge in [-0.2, -0.15) is 5.10 Å². The molecule has 0 saturated heterocycles. The molecular weight excluding hydrogens is 338 g/mol. The number of sulfonamides is 1. The van der Waals surface area contributed by atoms with Crippen LogP contribution in [0.4, 0.5) is 5.69 Å². The van der Waals surface area contributed by atoms with E-state index in [0.717, 1.165) is 17.5 Å². The Kier molecular flexibility index (Phi) is 5.93. The SMILES string of the molecule is CC(C)=NNC(=O)c1ccc(N(Cc2ccccc2)S(C)(=O)=O)cc1. The molecule has 0 unspecified atom stereocenters. The standard InChI is InChI=1S/C18H21N3O3S/c1-14(2)19-20-18(22)16-9-11-17(12-10-16)21(25(3,23)24)13-15-7-5-4-6-8-15/h4-12H,13H2,1-3H3,(H,20,22). The number of nitrogens with one attached hydrogen (secondary N) is 1. The first kappa shape index (κ1) is 18.7. The van der Waals surface area contributed by atoms with Crippen LogP contribution in [0.3, 0.4) is 0 Å². The lowest BCUT2D eigenvalue weighted by Gasteiger charge is -2.22. The molecule has 0 aliphatic heterocycles. The summed E-state index contributed by atoms with van der Waals surface area (Å²) in [5, 5.41) is 3.86. The Labute approximate surface area is 148 Å². The minimum Gasteiger partial charge on any atom is -0.267 e. The van der Waals surface area contributed by atoms with Crippen LogP contribution in [0.25, 0.3) is 0 Å². The highest BCUT2D eigenvalue weighted by molar-refractivity contribution is 7.92. The predicted octanol–water partition coefficient (Wildman–Crippen LogP) is 2.78. The highest BCUT2D eigenvalue weighted by Gasteiger charge is 2.18. The largest absolute Gasteiger partial charge is 0.271 e. The van der Waals surface area contributed by atoms with E-state index in [9.17, 15) is 13.2 Å². The maximum atomic E-state index is 12.2. The maximum absolute atomic E-state index is 12.2. The summed E-state index contributed by atoms with van der Waals surface area (Å²) in [7, 11) is -3.46. The first-order chi connectivity index (χ1) is 11.8. The number of benzene rings is 2. The molecule has 0 heterocycles. The molecule has 2 aromatic carbocycles. The van der Waals surface area contributed by atoms with Crippen molar-refractivity contribution in [3.8, 4) is 0 Å². The Morgan fingerprint density at radius 2 is 1.64 bits per heavy atom. The lowest BCUT2D eigenvalue weighted by Crippen LogP contribution is -2.29. The van der Waals surface area contributed by atoms with E-state index >= 15 is 0 Å². The second-order valence-electron chi connectivity index (χ2n) is 5.80. The van der Waals surface area contributed by atoms with Crippen LogP contribution >= 0.6 is 0 Å². The zero-order valence-corrected chi connectivity index (χ0v) is 15.2. The third kappa shape index (κ3) is 5.42. The van der Waals surface area contributed by atoms with E-state index in [2.05, 4.69) is 10.5 Å². The number of hydrazone groups is 1. The van der Waals surface area contributed by atoms with E-state index in [4.69, 9.17) is 0 Å². The van der Waals surface area contributed by atoms with Crippen LogP contribution in [0.1, 0.15) is 29.8 Å². The van der Waals surface area contributed by atoms with Gasteiger partial charge in [0.25, 0.3) is 5.91 Å². The smallest absolute Gasteiger partial charge is 0.267 e. The molecule has 7 heteroatoms. The fourth-order valence-corrected chi connectivity index (χ4v) is 3.04. The summed E-state index contributed by atoms with van der Waals surface area (Å²) < 4.78 is 25.6. The Morgan fingerprint density at radius 3 is 2.16 bits per heavy atom. The van der Waals surface area contributed by atoms with Gasteiger partial charge in [-0.25, -0.2) is 13.8 Å². The first-order valence-corrected chi connectivity index (χ1v) is 9.55. The van der Waals surface area contributed by atoms with Gasteiger partial charge in [-0.05, 0) is 43.7 Å². The zero-order chi connectivity index (χ0) is 18.4. The Balaban J connectivity index is 2.24. The fraction of sp³-hybridized carbons (Fsp3) is 0.222. The van der Waals surface area contributed by atoms with Crippen molar-refractivity contribution in [1.29, 1.82) is 0 Å². The molecule has 0 atom stereocenters. The second kappa shape index (κ2) is 7.94. The van der Waals surface area contributed by atoms with Crippen molar-refractivity contribution in [1.82, 2.24) is 5.43 Å². The Bertz CT molecular complexity index is 856. The van der Waals surface area contributed by atoms with Crippen LogP contribution in [0, 0.1) is 0 Å². The van der Waals surface area contributed by atoms with Gasteiger partial charge in [-0.3, -0.25) is 9.10 Å². The lowest BCUT2D eigenvalue weighted by atomic mass is 10.2. The molecule has 25 heavy (non-hydrogen) atoms. The van der Waals surface area contributed by atoms with Crippen LogP contribution in [0.5, 0.6) is 0 Å². The minimum atomic E-state index is -3.46. The van der Waals surface area contributed by atoms with Crippen LogP contribution in [-0.4, -0.2) is 26.3 Å². The summed E-state index contributed by atoms with van der Waals surface area (Å²) in [6.45, 7) is 3.78. The summed E-state index contributed by atoms with van der Waals surface area (Å²) in [6.07, 6.45) is 1.16. The minimum absolute atomic E-state index is 0.227. The van der Waals surface area contributed by atoms with E-state index in [1.165, 1.54) is 4.31 Å². The topological polar surface area (TPSA) is 78.8 Å². The summed E-state index contributed by atoms with van der Waals surface area (Å²) in [5.74, 6) is -0.346. The van der Waals surface area contributed by atoms with Crippen LogP contribution in [0.2, 0.25) is 0 Å². The van der Waals surface area contributed by atoms with E-state index in [1.807, 2.05) is 30.3 Å². The van der Waals surface area contributed by atoms with E-state index in [-0.39, 0.29) is 12.5 Å². The first-order valence-electron chi connectivity index (χ1n) is 7.70. The predicted molar refractivity (Wildman–Crippen MR) is 100 cm³/mol. The molecule has 0 aliphatic rings. The number of rotatable bonds is 6. The maximum Gasteiger partial charge on any atom is 0.271 e. The Hall–Kier alpha value is -2.67.